The Hall–Kier alpha value is -2.86. The summed E-state index contributed by atoms with van der Waals surface area (Å²) < 4.78 is 10.9. The Bertz CT molecular complexity index is 984. The van der Waals surface area contributed by atoms with Gasteiger partial charge in [-0.3, -0.25) is 0 Å². The lowest BCUT2D eigenvalue weighted by Gasteiger charge is -2.25. The molecule has 3 N–H and O–H groups in total. The normalized spacial score (nSPS) is 14.9. The second kappa shape index (κ2) is 8.02. The highest BCUT2D eigenvalue weighted by atomic mass is 16.5. The van der Waals surface area contributed by atoms with Crippen LogP contribution in [0.4, 0.5) is 11.6 Å². The minimum atomic E-state index is 0.378. The van der Waals surface area contributed by atoms with Crippen molar-refractivity contribution in [3.63, 3.8) is 0 Å². The maximum Gasteiger partial charge on any atom is 0.132 e. The van der Waals surface area contributed by atoms with Crippen LogP contribution in [0.15, 0.2) is 36.5 Å². The molecule has 0 saturated carbocycles. The van der Waals surface area contributed by atoms with Crippen LogP contribution < -0.4 is 15.8 Å². The van der Waals surface area contributed by atoms with E-state index in [2.05, 4.69) is 23.3 Å². The van der Waals surface area contributed by atoms with Crippen molar-refractivity contribution >= 4 is 22.5 Å². The third-order valence-electron chi connectivity index (χ3n) is 5.29. The molecule has 1 aliphatic rings. The number of methoxy groups -OCH3 is 1. The minimum Gasteiger partial charge on any atom is -0.497 e. The summed E-state index contributed by atoms with van der Waals surface area (Å²) >= 11 is 0. The quantitative estimate of drug-likeness (QED) is 0.697. The number of anilines is 2. The summed E-state index contributed by atoms with van der Waals surface area (Å²) in [5.41, 5.74) is 10.2. The molecule has 6 heteroatoms. The Balaban J connectivity index is 1.84. The molecule has 4 rings (SSSR count). The summed E-state index contributed by atoms with van der Waals surface area (Å²) in [5.74, 6) is 2.23. The summed E-state index contributed by atoms with van der Waals surface area (Å²) in [6.45, 7) is 3.71. The number of pyridine rings is 2. The number of fused-ring (bicyclic) bond motifs is 1. The molecule has 0 aliphatic carbocycles. The van der Waals surface area contributed by atoms with Gasteiger partial charge in [-0.1, -0.05) is 19.1 Å². The number of nitrogen functional groups attached to an aromatic ring is 1. The number of benzene rings is 1. The van der Waals surface area contributed by atoms with Crippen molar-refractivity contribution in [2.45, 2.75) is 32.2 Å². The predicted molar refractivity (Wildman–Crippen MR) is 113 cm³/mol. The zero-order valence-corrected chi connectivity index (χ0v) is 16.4. The van der Waals surface area contributed by atoms with Crippen LogP contribution in [0.2, 0.25) is 0 Å². The SMILES string of the molecule is CCc1cc2c(N)ncc(-c3cccc(OC)c3)c2nc1NC1CCOCC1. The van der Waals surface area contributed by atoms with E-state index in [1.54, 1.807) is 13.3 Å². The Morgan fingerprint density at radius 2 is 2.07 bits per heavy atom. The van der Waals surface area contributed by atoms with E-state index in [4.69, 9.17) is 20.2 Å². The number of nitrogens with zero attached hydrogens (tertiary/aromatic N) is 2. The van der Waals surface area contributed by atoms with Crippen molar-refractivity contribution in [1.29, 1.82) is 0 Å². The highest BCUT2D eigenvalue weighted by Crippen LogP contribution is 2.34. The first-order valence-corrected chi connectivity index (χ1v) is 9.76. The second-order valence-corrected chi connectivity index (χ2v) is 7.07. The molecule has 1 aliphatic heterocycles. The molecule has 0 unspecified atom stereocenters. The molecule has 1 saturated heterocycles. The fourth-order valence-corrected chi connectivity index (χ4v) is 3.65. The van der Waals surface area contributed by atoms with Gasteiger partial charge in [0, 0.05) is 36.4 Å². The van der Waals surface area contributed by atoms with E-state index in [0.29, 0.717) is 11.9 Å². The third-order valence-corrected chi connectivity index (χ3v) is 5.29. The van der Waals surface area contributed by atoms with Gasteiger partial charge in [-0.2, -0.15) is 0 Å². The van der Waals surface area contributed by atoms with Gasteiger partial charge in [0.15, 0.2) is 0 Å². The topological polar surface area (TPSA) is 82.3 Å². The lowest BCUT2D eigenvalue weighted by molar-refractivity contribution is 0.0904. The molecule has 2 aromatic heterocycles. The number of nitrogens with one attached hydrogen (secondary N) is 1. The largest absolute Gasteiger partial charge is 0.497 e. The number of ether oxygens (including phenoxy) is 2. The second-order valence-electron chi connectivity index (χ2n) is 7.07. The molecule has 1 fully saturated rings. The summed E-state index contributed by atoms with van der Waals surface area (Å²) in [4.78, 5) is 9.44. The summed E-state index contributed by atoms with van der Waals surface area (Å²) in [7, 11) is 1.67. The zero-order chi connectivity index (χ0) is 19.5. The first-order valence-electron chi connectivity index (χ1n) is 9.76. The fraction of sp³-hybridized carbons (Fsp3) is 0.364. The van der Waals surface area contributed by atoms with Gasteiger partial charge in [-0.15, -0.1) is 0 Å². The molecule has 3 aromatic rings. The van der Waals surface area contributed by atoms with Crippen molar-refractivity contribution < 1.29 is 9.47 Å². The van der Waals surface area contributed by atoms with Gasteiger partial charge < -0.3 is 20.5 Å². The van der Waals surface area contributed by atoms with Crippen LogP contribution in [0.5, 0.6) is 5.75 Å². The molecule has 3 heterocycles. The maximum atomic E-state index is 6.20. The van der Waals surface area contributed by atoms with Crippen molar-refractivity contribution in [1.82, 2.24) is 9.97 Å². The van der Waals surface area contributed by atoms with Crippen molar-refractivity contribution in [2.24, 2.45) is 0 Å². The molecular weight excluding hydrogens is 352 g/mol. The number of aromatic nitrogens is 2. The van der Waals surface area contributed by atoms with E-state index in [0.717, 1.165) is 71.6 Å². The molecule has 1 aromatic carbocycles. The molecule has 0 radical (unpaired) electrons. The highest BCUT2D eigenvalue weighted by molar-refractivity contribution is 6.00. The summed E-state index contributed by atoms with van der Waals surface area (Å²) in [5, 5.41) is 4.52. The van der Waals surface area contributed by atoms with Gasteiger partial charge in [0.25, 0.3) is 0 Å². The van der Waals surface area contributed by atoms with Crippen molar-refractivity contribution in [3.8, 4) is 16.9 Å². The van der Waals surface area contributed by atoms with Gasteiger partial charge >= 0.3 is 0 Å². The standard InChI is InChI=1S/C22H26N4O2/c1-3-14-12-18-20(26-22(14)25-16-7-9-28-10-8-16)19(13-24-21(18)23)15-5-4-6-17(11-15)27-2/h4-6,11-13,16H,3,7-10H2,1-2H3,(H2,23,24)(H,25,26). The van der Waals surface area contributed by atoms with E-state index in [9.17, 15) is 0 Å². The van der Waals surface area contributed by atoms with E-state index in [1.807, 2.05) is 24.3 Å². The third kappa shape index (κ3) is 3.60. The Morgan fingerprint density at radius 3 is 2.82 bits per heavy atom. The van der Waals surface area contributed by atoms with Crippen molar-refractivity contribution in [2.75, 3.05) is 31.4 Å². The fourth-order valence-electron chi connectivity index (χ4n) is 3.65. The Morgan fingerprint density at radius 1 is 1.25 bits per heavy atom. The number of hydrogen-bond donors (Lipinski definition) is 2. The van der Waals surface area contributed by atoms with E-state index in [1.165, 1.54) is 0 Å². The van der Waals surface area contributed by atoms with Gasteiger partial charge in [0.05, 0.1) is 12.6 Å². The molecule has 0 amide bonds. The van der Waals surface area contributed by atoms with Crippen LogP contribution >= 0.6 is 0 Å². The minimum absolute atomic E-state index is 0.378. The molecule has 0 spiro atoms. The van der Waals surface area contributed by atoms with Crippen LogP contribution in [-0.2, 0) is 11.2 Å². The molecule has 0 bridgehead atoms. The molecule has 146 valence electrons. The smallest absolute Gasteiger partial charge is 0.132 e. The van der Waals surface area contributed by atoms with E-state index in [-0.39, 0.29) is 0 Å². The number of rotatable bonds is 5. The average Bonchev–Trinajstić information content (AvgIpc) is 2.74. The van der Waals surface area contributed by atoms with Crippen LogP contribution in [-0.4, -0.2) is 36.3 Å². The lowest BCUT2D eigenvalue weighted by Crippen LogP contribution is -2.28. The van der Waals surface area contributed by atoms with E-state index >= 15 is 0 Å². The van der Waals surface area contributed by atoms with Gasteiger partial charge in [0.1, 0.15) is 17.4 Å². The maximum absolute atomic E-state index is 6.20. The molecule has 6 nitrogen and oxygen atoms in total. The van der Waals surface area contributed by atoms with Crippen LogP contribution in [0, 0.1) is 0 Å². The van der Waals surface area contributed by atoms with Crippen LogP contribution in [0.1, 0.15) is 25.3 Å². The monoisotopic (exact) mass is 378 g/mol. The van der Waals surface area contributed by atoms with Crippen molar-refractivity contribution in [3.05, 3.63) is 42.1 Å². The highest BCUT2D eigenvalue weighted by Gasteiger charge is 2.18. The number of aryl methyl sites for hydroxylation is 1. The lowest BCUT2D eigenvalue weighted by atomic mass is 10.0. The van der Waals surface area contributed by atoms with Crippen LogP contribution in [0.3, 0.4) is 0 Å². The van der Waals surface area contributed by atoms with Gasteiger partial charge in [0.2, 0.25) is 0 Å². The first kappa shape index (κ1) is 18.5. The summed E-state index contributed by atoms with van der Waals surface area (Å²) in [6, 6.07) is 10.4. The van der Waals surface area contributed by atoms with Crippen LogP contribution in [0.25, 0.3) is 22.0 Å². The van der Waals surface area contributed by atoms with E-state index < -0.39 is 0 Å². The average molecular weight is 378 g/mol. The molecule has 0 atom stereocenters. The number of nitrogens with two attached hydrogens (primary N) is 1. The zero-order valence-electron chi connectivity index (χ0n) is 16.4. The first-order chi connectivity index (χ1) is 13.7. The number of hydrogen-bond acceptors (Lipinski definition) is 6. The summed E-state index contributed by atoms with van der Waals surface area (Å²) in [6.07, 6.45) is 4.65. The van der Waals surface area contributed by atoms with Gasteiger partial charge in [-0.05, 0) is 48.6 Å². The predicted octanol–water partition coefficient (Wildman–Crippen LogP) is 4.04. The molecule has 28 heavy (non-hydrogen) atoms. The Kier molecular flexibility index (Phi) is 5.30. The van der Waals surface area contributed by atoms with Gasteiger partial charge in [-0.25, -0.2) is 9.97 Å². The Labute approximate surface area is 165 Å². The molecular formula is C22H26N4O2.